The Hall–Kier alpha value is -1.72. The van der Waals surface area contributed by atoms with Gasteiger partial charge in [0.25, 0.3) is 0 Å². The molecule has 1 fully saturated rings. The van der Waals surface area contributed by atoms with Crippen molar-refractivity contribution in [2.75, 3.05) is 19.8 Å². The van der Waals surface area contributed by atoms with Crippen LogP contribution in [0.25, 0.3) is 0 Å². The van der Waals surface area contributed by atoms with Crippen molar-refractivity contribution >= 4 is 11.8 Å². The molecule has 126 valence electrons. The molecule has 5 heteroatoms. The molecule has 1 aromatic rings. The first-order valence-electron chi connectivity index (χ1n) is 8.12. The predicted molar refractivity (Wildman–Crippen MR) is 85.2 cm³/mol. The lowest BCUT2D eigenvalue weighted by Gasteiger charge is -2.14. The van der Waals surface area contributed by atoms with Crippen LogP contribution in [0.1, 0.15) is 42.6 Å². The number of ether oxygens (including phenoxy) is 3. The summed E-state index contributed by atoms with van der Waals surface area (Å²) in [6.45, 7) is 5.15. The molecular weight excluding hydrogens is 296 g/mol. The van der Waals surface area contributed by atoms with Gasteiger partial charge in [-0.25, -0.2) is 0 Å². The van der Waals surface area contributed by atoms with Crippen molar-refractivity contribution in [1.29, 1.82) is 0 Å². The van der Waals surface area contributed by atoms with Gasteiger partial charge in [0.2, 0.25) is 0 Å². The van der Waals surface area contributed by atoms with Gasteiger partial charge in [-0.1, -0.05) is 31.2 Å². The number of hydrogen-bond acceptors (Lipinski definition) is 5. The fraction of sp³-hybridized carbons (Fsp3) is 0.556. The van der Waals surface area contributed by atoms with Crippen LogP contribution >= 0.6 is 0 Å². The lowest BCUT2D eigenvalue weighted by molar-refractivity contribution is -0.147. The summed E-state index contributed by atoms with van der Waals surface area (Å²) in [5.41, 5.74) is 1.55. The van der Waals surface area contributed by atoms with Gasteiger partial charge in [0.15, 0.2) is 12.1 Å². The highest BCUT2D eigenvalue weighted by molar-refractivity contribution is 5.97. The molecule has 0 bridgehead atoms. The molecule has 0 amide bonds. The first-order chi connectivity index (χ1) is 11.1. The molecule has 1 aliphatic rings. The summed E-state index contributed by atoms with van der Waals surface area (Å²) in [6.07, 6.45) is 1.15. The second kappa shape index (κ2) is 8.79. The molecule has 0 saturated carbocycles. The molecule has 23 heavy (non-hydrogen) atoms. The van der Waals surface area contributed by atoms with Gasteiger partial charge in [-0.15, -0.1) is 0 Å². The largest absolute Gasteiger partial charge is 0.466 e. The first kappa shape index (κ1) is 17.6. The molecule has 0 spiro atoms. The average Bonchev–Trinajstić information content (AvgIpc) is 3.06. The second-order valence-electron chi connectivity index (χ2n) is 5.65. The van der Waals surface area contributed by atoms with E-state index in [2.05, 4.69) is 0 Å². The van der Waals surface area contributed by atoms with Gasteiger partial charge in [0, 0.05) is 18.4 Å². The fourth-order valence-electron chi connectivity index (χ4n) is 2.63. The Morgan fingerprint density at radius 1 is 1.26 bits per heavy atom. The number of esters is 1. The van der Waals surface area contributed by atoms with Crippen molar-refractivity contribution in [2.45, 2.75) is 39.4 Å². The summed E-state index contributed by atoms with van der Waals surface area (Å²) in [6, 6.07) is 7.43. The fourth-order valence-corrected chi connectivity index (χ4v) is 2.63. The van der Waals surface area contributed by atoms with Crippen LogP contribution in [0.15, 0.2) is 24.3 Å². The third-order valence-electron chi connectivity index (χ3n) is 3.83. The van der Waals surface area contributed by atoms with Crippen LogP contribution in [-0.2, 0) is 25.4 Å². The molecule has 5 nitrogen and oxygen atoms in total. The Labute approximate surface area is 136 Å². The number of carbonyl (C=O) groups is 2. The van der Waals surface area contributed by atoms with Gasteiger partial charge >= 0.3 is 5.97 Å². The molecule has 1 unspecified atom stereocenters. The van der Waals surface area contributed by atoms with Gasteiger partial charge < -0.3 is 14.2 Å². The van der Waals surface area contributed by atoms with Crippen LogP contribution in [0, 0.1) is 5.92 Å². The molecule has 1 aromatic carbocycles. The third kappa shape index (κ3) is 5.15. The predicted octanol–water partition coefficient (Wildman–Crippen LogP) is 2.76. The minimum absolute atomic E-state index is 0.0516. The van der Waals surface area contributed by atoms with E-state index in [1.807, 2.05) is 31.2 Å². The molecule has 1 aliphatic heterocycles. The SMILES string of the molecule is CCOC(=O)C(C)Cc1ccccc1C(=O)CCC1OCCO1. The molecule has 0 N–H and O–H groups in total. The molecule has 0 aliphatic carbocycles. The number of benzene rings is 1. The number of hydrogen-bond donors (Lipinski definition) is 0. The van der Waals surface area contributed by atoms with E-state index in [9.17, 15) is 9.59 Å². The van der Waals surface area contributed by atoms with Gasteiger partial charge in [-0.05, 0) is 18.9 Å². The maximum Gasteiger partial charge on any atom is 0.308 e. The maximum absolute atomic E-state index is 12.5. The Morgan fingerprint density at radius 2 is 1.96 bits per heavy atom. The topological polar surface area (TPSA) is 61.8 Å². The molecular formula is C18H24O5. The molecule has 0 radical (unpaired) electrons. The second-order valence-corrected chi connectivity index (χ2v) is 5.65. The lowest BCUT2D eigenvalue weighted by Crippen LogP contribution is -2.18. The van der Waals surface area contributed by atoms with E-state index in [1.54, 1.807) is 6.92 Å². The summed E-state index contributed by atoms with van der Waals surface area (Å²) in [5, 5.41) is 0. The zero-order valence-corrected chi connectivity index (χ0v) is 13.7. The molecule has 1 atom stereocenters. The summed E-state index contributed by atoms with van der Waals surface area (Å²) >= 11 is 0. The van der Waals surface area contributed by atoms with Gasteiger partial charge in [0.1, 0.15) is 0 Å². The summed E-state index contributed by atoms with van der Waals surface area (Å²) in [7, 11) is 0. The minimum atomic E-state index is -0.274. The normalized spacial score (nSPS) is 16.3. The van der Waals surface area contributed by atoms with E-state index >= 15 is 0 Å². The van der Waals surface area contributed by atoms with E-state index < -0.39 is 0 Å². The van der Waals surface area contributed by atoms with Crippen LogP contribution in [0.3, 0.4) is 0 Å². The standard InChI is InChI=1S/C18H24O5/c1-3-21-18(20)13(2)12-14-6-4-5-7-15(14)16(19)8-9-17-22-10-11-23-17/h4-7,13,17H,3,8-12H2,1-2H3. The van der Waals surface area contributed by atoms with E-state index in [4.69, 9.17) is 14.2 Å². The molecule has 1 saturated heterocycles. The van der Waals surface area contributed by atoms with Crippen LogP contribution in [0.5, 0.6) is 0 Å². The summed E-state index contributed by atoms with van der Waals surface area (Å²) in [5.74, 6) is -0.455. The van der Waals surface area contributed by atoms with Crippen molar-refractivity contribution in [1.82, 2.24) is 0 Å². The number of carbonyl (C=O) groups excluding carboxylic acids is 2. The smallest absolute Gasteiger partial charge is 0.308 e. The zero-order valence-electron chi connectivity index (χ0n) is 13.7. The van der Waals surface area contributed by atoms with Crippen LogP contribution in [-0.4, -0.2) is 37.9 Å². The Balaban J connectivity index is 1.98. The average molecular weight is 320 g/mol. The van der Waals surface area contributed by atoms with Crippen molar-refractivity contribution in [3.63, 3.8) is 0 Å². The summed E-state index contributed by atoms with van der Waals surface area (Å²) in [4.78, 5) is 24.3. The molecule has 1 heterocycles. The van der Waals surface area contributed by atoms with Crippen LogP contribution < -0.4 is 0 Å². The Morgan fingerprint density at radius 3 is 2.65 bits per heavy atom. The maximum atomic E-state index is 12.5. The van der Waals surface area contributed by atoms with E-state index in [-0.39, 0.29) is 24.0 Å². The highest BCUT2D eigenvalue weighted by Crippen LogP contribution is 2.19. The third-order valence-corrected chi connectivity index (χ3v) is 3.83. The highest BCUT2D eigenvalue weighted by atomic mass is 16.7. The van der Waals surface area contributed by atoms with Crippen molar-refractivity contribution in [3.8, 4) is 0 Å². The quantitative estimate of drug-likeness (QED) is 0.544. The van der Waals surface area contributed by atoms with Gasteiger partial charge in [0.05, 0.1) is 25.7 Å². The monoisotopic (exact) mass is 320 g/mol. The van der Waals surface area contributed by atoms with Gasteiger partial charge in [-0.2, -0.15) is 0 Å². The van der Waals surface area contributed by atoms with E-state index in [0.29, 0.717) is 44.6 Å². The Bertz CT molecular complexity index is 534. The van der Waals surface area contributed by atoms with Crippen LogP contribution in [0.2, 0.25) is 0 Å². The molecule has 0 aromatic heterocycles. The first-order valence-corrected chi connectivity index (χ1v) is 8.12. The van der Waals surface area contributed by atoms with Crippen molar-refractivity contribution < 1.29 is 23.8 Å². The Kier molecular flexibility index (Phi) is 6.74. The minimum Gasteiger partial charge on any atom is -0.466 e. The van der Waals surface area contributed by atoms with Crippen LogP contribution in [0.4, 0.5) is 0 Å². The van der Waals surface area contributed by atoms with Crippen molar-refractivity contribution in [3.05, 3.63) is 35.4 Å². The van der Waals surface area contributed by atoms with E-state index in [1.165, 1.54) is 0 Å². The zero-order chi connectivity index (χ0) is 16.7. The van der Waals surface area contributed by atoms with Gasteiger partial charge in [-0.3, -0.25) is 9.59 Å². The molecule has 2 rings (SSSR count). The number of Topliss-reactive ketones (excluding diaryl/α,β-unsaturated/α-hetero) is 1. The van der Waals surface area contributed by atoms with Crippen molar-refractivity contribution in [2.24, 2.45) is 5.92 Å². The lowest BCUT2D eigenvalue weighted by atomic mass is 9.93. The highest BCUT2D eigenvalue weighted by Gasteiger charge is 2.21. The van der Waals surface area contributed by atoms with E-state index in [0.717, 1.165) is 5.56 Å². The number of ketones is 1. The number of rotatable bonds is 8. The summed E-state index contributed by atoms with van der Waals surface area (Å²) < 4.78 is 15.7.